The molecule has 0 unspecified atom stereocenters. The van der Waals surface area contributed by atoms with E-state index < -0.39 is 0 Å². The second-order valence-electron chi connectivity index (χ2n) is 7.94. The van der Waals surface area contributed by atoms with Crippen molar-refractivity contribution < 1.29 is 4.79 Å². The number of carbonyl (C=O) groups excluding carboxylic acids is 1. The van der Waals surface area contributed by atoms with Crippen LogP contribution in [0.15, 0.2) is 30.3 Å². The summed E-state index contributed by atoms with van der Waals surface area (Å²) < 4.78 is 0. The molecule has 3 heteroatoms. The summed E-state index contributed by atoms with van der Waals surface area (Å²) in [7, 11) is 0. The van der Waals surface area contributed by atoms with E-state index in [0.717, 1.165) is 31.8 Å². The Hall–Kier alpha value is -1.35. The van der Waals surface area contributed by atoms with E-state index in [0.29, 0.717) is 11.8 Å². The molecule has 2 heterocycles. The Kier molecular flexibility index (Phi) is 6.52. The Balaban J connectivity index is 1.43. The van der Waals surface area contributed by atoms with E-state index in [1.807, 2.05) is 0 Å². The van der Waals surface area contributed by atoms with Crippen molar-refractivity contribution in [3.8, 4) is 0 Å². The highest BCUT2D eigenvalue weighted by Crippen LogP contribution is 2.29. The highest BCUT2D eigenvalue weighted by Gasteiger charge is 2.31. The second-order valence-corrected chi connectivity index (χ2v) is 7.94. The van der Waals surface area contributed by atoms with Crippen LogP contribution in [0.4, 0.5) is 0 Å². The van der Waals surface area contributed by atoms with Gasteiger partial charge < -0.3 is 9.80 Å². The van der Waals surface area contributed by atoms with Crippen molar-refractivity contribution in [1.82, 2.24) is 9.80 Å². The SMILES string of the molecule is CCC(CC)C(=O)N1CC[C@@H](CN2CCC(c3ccccc3)CC2)C1. The maximum Gasteiger partial charge on any atom is 0.225 e. The largest absolute Gasteiger partial charge is 0.342 e. The predicted octanol–water partition coefficient (Wildman–Crippen LogP) is 4.15. The summed E-state index contributed by atoms with van der Waals surface area (Å²) in [4.78, 5) is 17.3. The van der Waals surface area contributed by atoms with Gasteiger partial charge in [0.05, 0.1) is 0 Å². The average Bonchev–Trinajstić information content (AvgIpc) is 3.12. The van der Waals surface area contributed by atoms with Crippen LogP contribution in [0.1, 0.15) is 57.4 Å². The molecule has 0 N–H and O–H groups in total. The summed E-state index contributed by atoms with van der Waals surface area (Å²) in [6.07, 6.45) is 5.68. The van der Waals surface area contributed by atoms with Crippen molar-refractivity contribution in [2.75, 3.05) is 32.7 Å². The molecule has 2 aliphatic heterocycles. The maximum atomic E-state index is 12.6. The predicted molar refractivity (Wildman–Crippen MR) is 104 cm³/mol. The molecule has 25 heavy (non-hydrogen) atoms. The van der Waals surface area contributed by atoms with Gasteiger partial charge in [0.1, 0.15) is 0 Å². The third-order valence-electron chi connectivity index (χ3n) is 6.31. The average molecular weight is 343 g/mol. The molecule has 1 aromatic carbocycles. The Morgan fingerprint density at radius 1 is 1.04 bits per heavy atom. The molecule has 0 bridgehead atoms. The van der Waals surface area contributed by atoms with E-state index in [1.54, 1.807) is 0 Å². The molecule has 0 spiro atoms. The minimum atomic E-state index is 0.236. The van der Waals surface area contributed by atoms with Crippen molar-refractivity contribution in [1.29, 1.82) is 0 Å². The minimum absolute atomic E-state index is 0.236. The van der Waals surface area contributed by atoms with Crippen molar-refractivity contribution in [2.45, 2.75) is 51.9 Å². The Morgan fingerprint density at radius 3 is 2.36 bits per heavy atom. The topological polar surface area (TPSA) is 23.6 Å². The molecule has 2 fully saturated rings. The van der Waals surface area contributed by atoms with Crippen molar-refractivity contribution in [3.63, 3.8) is 0 Å². The van der Waals surface area contributed by atoms with Gasteiger partial charge in [0.25, 0.3) is 0 Å². The van der Waals surface area contributed by atoms with Crippen LogP contribution < -0.4 is 0 Å². The smallest absolute Gasteiger partial charge is 0.225 e. The summed E-state index contributed by atoms with van der Waals surface area (Å²) in [5, 5.41) is 0. The summed E-state index contributed by atoms with van der Waals surface area (Å²) in [6, 6.07) is 11.0. The van der Waals surface area contributed by atoms with E-state index in [1.165, 1.54) is 44.5 Å². The number of piperidine rings is 1. The Bertz CT molecular complexity index is 532. The standard InChI is InChI=1S/C22H34N2O/c1-3-19(4-2)22(25)24-15-10-18(17-24)16-23-13-11-21(12-14-23)20-8-6-5-7-9-20/h5-9,18-19,21H,3-4,10-17H2,1-2H3/t18-/m0/s1. The molecule has 0 radical (unpaired) electrons. The second kappa shape index (κ2) is 8.84. The molecule has 2 aliphatic rings. The van der Waals surface area contributed by atoms with E-state index in [9.17, 15) is 4.79 Å². The molecule has 0 aromatic heterocycles. The first-order valence-corrected chi connectivity index (χ1v) is 10.3. The van der Waals surface area contributed by atoms with Gasteiger partial charge in [0.2, 0.25) is 5.91 Å². The monoisotopic (exact) mass is 342 g/mol. The fourth-order valence-electron chi connectivity index (χ4n) is 4.62. The number of hydrogen-bond acceptors (Lipinski definition) is 2. The molecule has 1 atom stereocenters. The first kappa shape index (κ1) is 18.4. The van der Waals surface area contributed by atoms with E-state index in [-0.39, 0.29) is 5.92 Å². The third-order valence-corrected chi connectivity index (χ3v) is 6.31. The molecular formula is C22H34N2O. The number of likely N-dealkylation sites (tertiary alicyclic amines) is 2. The number of amides is 1. The highest BCUT2D eigenvalue weighted by molar-refractivity contribution is 5.79. The van der Waals surface area contributed by atoms with Crippen LogP contribution in [0, 0.1) is 11.8 Å². The number of hydrogen-bond donors (Lipinski definition) is 0. The molecular weight excluding hydrogens is 308 g/mol. The van der Waals surface area contributed by atoms with Crippen molar-refractivity contribution in [3.05, 3.63) is 35.9 Å². The first-order chi connectivity index (χ1) is 12.2. The van der Waals surface area contributed by atoms with E-state index in [4.69, 9.17) is 0 Å². The molecule has 0 aliphatic carbocycles. The molecule has 1 aromatic rings. The lowest BCUT2D eigenvalue weighted by atomic mass is 9.89. The van der Waals surface area contributed by atoms with Crippen LogP contribution >= 0.6 is 0 Å². The van der Waals surface area contributed by atoms with Gasteiger partial charge in [-0.2, -0.15) is 0 Å². The van der Waals surface area contributed by atoms with Gasteiger partial charge in [-0.05, 0) is 62.6 Å². The zero-order chi connectivity index (χ0) is 17.6. The summed E-state index contributed by atoms with van der Waals surface area (Å²) >= 11 is 0. The zero-order valence-electron chi connectivity index (χ0n) is 16.0. The van der Waals surface area contributed by atoms with Crippen molar-refractivity contribution >= 4 is 5.91 Å². The van der Waals surface area contributed by atoms with Gasteiger partial charge in [-0.15, -0.1) is 0 Å². The quantitative estimate of drug-likeness (QED) is 0.775. The molecule has 2 saturated heterocycles. The normalized spacial score (nSPS) is 22.7. The number of carbonyl (C=O) groups is 1. The van der Waals surface area contributed by atoms with Crippen LogP contribution in [-0.4, -0.2) is 48.4 Å². The number of benzene rings is 1. The molecule has 3 nitrogen and oxygen atoms in total. The zero-order valence-corrected chi connectivity index (χ0v) is 16.0. The maximum absolute atomic E-state index is 12.6. The van der Waals surface area contributed by atoms with Gasteiger partial charge in [-0.3, -0.25) is 4.79 Å². The fourth-order valence-corrected chi connectivity index (χ4v) is 4.62. The van der Waals surface area contributed by atoms with Crippen molar-refractivity contribution in [2.24, 2.45) is 11.8 Å². The van der Waals surface area contributed by atoms with Crippen LogP contribution in [0.3, 0.4) is 0 Å². The summed E-state index contributed by atoms with van der Waals surface area (Å²) in [5.74, 6) is 2.04. The molecule has 138 valence electrons. The molecule has 1 amide bonds. The molecule has 3 rings (SSSR count). The fraction of sp³-hybridized carbons (Fsp3) is 0.682. The van der Waals surface area contributed by atoms with E-state index in [2.05, 4.69) is 54.0 Å². The van der Waals surface area contributed by atoms with E-state index >= 15 is 0 Å². The van der Waals surface area contributed by atoms with Crippen LogP contribution in [0.2, 0.25) is 0 Å². The minimum Gasteiger partial charge on any atom is -0.342 e. The lowest BCUT2D eigenvalue weighted by Gasteiger charge is -2.33. The Labute approximate surface area is 153 Å². The van der Waals surface area contributed by atoms with Gasteiger partial charge in [0, 0.05) is 25.6 Å². The van der Waals surface area contributed by atoms with Gasteiger partial charge in [0.15, 0.2) is 0 Å². The van der Waals surface area contributed by atoms with Crippen LogP contribution in [-0.2, 0) is 4.79 Å². The summed E-state index contributed by atoms with van der Waals surface area (Å²) in [6.45, 7) is 9.81. The lowest BCUT2D eigenvalue weighted by Crippen LogP contribution is -2.38. The van der Waals surface area contributed by atoms with Crippen LogP contribution in [0.25, 0.3) is 0 Å². The van der Waals surface area contributed by atoms with Gasteiger partial charge in [-0.25, -0.2) is 0 Å². The van der Waals surface area contributed by atoms with Gasteiger partial charge in [-0.1, -0.05) is 44.2 Å². The van der Waals surface area contributed by atoms with Gasteiger partial charge >= 0.3 is 0 Å². The third kappa shape index (κ3) is 4.63. The van der Waals surface area contributed by atoms with Crippen LogP contribution in [0.5, 0.6) is 0 Å². The highest BCUT2D eigenvalue weighted by atomic mass is 16.2. The number of nitrogens with zero attached hydrogens (tertiary/aromatic N) is 2. The summed E-state index contributed by atoms with van der Waals surface area (Å²) in [5.41, 5.74) is 1.50. The lowest BCUT2D eigenvalue weighted by molar-refractivity contribution is -0.134. The number of rotatable bonds is 6. The first-order valence-electron chi connectivity index (χ1n) is 10.3. The Morgan fingerprint density at radius 2 is 1.72 bits per heavy atom. The molecule has 0 saturated carbocycles.